The van der Waals surface area contributed by atoms with Gasteiger partial charge in [0.1, 0.15) is 11.5 Å². The van der Waals surface area contributed by atoms with Crippen LogP contribution in [-0.4, -0.2) is 21.4 Å². The molecule has 5 rings (SSSR count). The van der Waals surface area contributed by atoms with Crippen molar-refractivity contribution in [2.45, 2.75) is 19.5 Å². The van der Waals surface area contributed by atoms with E-state index in [0.717, 1.165) is 59.5 Å². The molecule has 3 aromatic heterocycles. The zero-order valence-electron chi connectivity index (χ0n) is 15.1. The third kappa shape index (κ3) is 3.49. The Bertz CT molecular complexity index is 1110. The first-order chi connectivity index (χ1) is 13.8. The number of furan rings is 1. The molecular formula is C22H18ClN3OS. The molecule has 0 unspecified atom stereocenters. The summed E-state index contributed by atoms with van der Waals surface area (Å²) in [6, 6.07) is 15.9. The number of nitrogens with zero attached hydrogens (tertiary/aromatic N) is 3. The summed E-state index contributed by atoms with van der Waals surface area (Å²) >= 11 is 7.96. The summed E-state index contributed by atoms with van der Waals surface area (Å²) in [5.74, 6) is 2.58. The largest absolute Gasteiger partial charge is 0.460 e. The highest BCUT2D eigenvalue weighted by molar-refractivity contribution is 7.13. The van der Waals surface area contributed by atoms with Gasteiger partial charge in [-0.25, -0.2) is 9.97 Å². The molecule has 0 atom stereocenters. The van der Waals surface area contributed by atoms with E-state index in [1.165, 1.54) is 5.56 Å². The van der Waals surface area contributed by atoms with Gasteiger partial charge in [-0.1, -0.05) is 29.8 Å². The van der Waals surface area contributed by atoms with Gasteiger partial charge in [-0.2, -0.15) is 0 Å². The summed E-state index contributed by atoms with van der Waals surface area (Å²) in [5, 5.41) is 2.76. The van der Waals surface area contributed by atoms with Crippen LogP contribution in [-0.2, 0) is 19.5 Å². The molecule has 4 aromatic rings. The van der Waals surface area contributed by atoms with E-state index in [4.69, 9.17) is 21.0 Å². The van der Waals surface area contributed by atoms with Crippen LogP contribution < -0.4 is 0 Å². The van der Waals surface area contributed by atoms with E-state index in [1.54, 1.807) is 11.3 Å². The smallest absolute Gasteiger partial charge is 0.169 e. The molecule has 0 saturated heterocycles. The fourth-order valence-corrected chi connectivity index (χ4v) is 4.42. The van der Waals surface area contributed by atoms with E-state index >= 15 is 0 Å². The van der Waals surface area contributed by atoms with Crippen molar-refractivity contribution in [1.82, 2.24) is 14.9 Å². The van der Waals surface area contributed by atoms with E-state index in [2.05, 4.69) is 21.3 Å². The van der Waals surface area contributed by atoms with Gasteiger partial charge in [0.05, 0.1) is 22.1 Å². The summed E-state index contributed by atoms with van der Waals surface area (Å²) < 4.78 is 6.05. The van der Waals surface area contributed by atoms with Crippen LogP contribution in [0.1, 0.15) is 17.0 Å². The molecule has 0 saturated carbocycles. The number of hydrogen-bond acceptors (Lipinski definition) is 5. The number of aromatic nitrogens is 2. The van der Waals surface area contributed by atoms with Crippen LogP contribution in [0.2, 0.25) is 5.02 Å². The molecule has 1 aliphatic rings. The van der Waals surface area contributed by atoms with Crippen molar-refractivity contribution < 1.29 is 4.42 Å². The Hall–Kier alpha value is -2.47. The van der Waals surface area contributed by atoms with Gasteiger partial charge < -0.3 is 4.42 Å². The normalized spacial score (nSPS) is 14.2. The Morgan fingerprint density at radius 3 is 2.89 bits per heavy atom. The van der Waals surface area contributed by atoms with Crippen LogP contribution in [0.3, 0.4) is 0 Å². The Balaban J connectivity index is 1.30. The molecule has 0 fully saturated rings. The van der Waals surface area contributed by atoms with Crippen molar-refractivity contribution in [3.8, 4) is 22.0 Å². The van der Waals surface area contributed by atoms with Crippen molar-refractivity contribution in [2.75, 3.05) is 6.54 Å². The Labute approximate surface area is 172 Å². The molecule has 1 aliphatic heterocycles. The lowest BCUT2D eigenvalue weighted by Gasteiger charge is -2.27. The molecule has 0 spiro atoms. The van der Waals surface area contributed by atoms with Crippen LogP contribution in [0.15, 0.2) is 64.5 Å². The van der Waals surface area contributed by atoms with Crippen LogP contribution in [0.4, 0.5) is 0 Å². The summed E-state index contributed by atoms with van der Waals surface area (Å²) in [5.41, 5.74) is 3.28. The molecule has 6 heteroatoms. The molecule has 28 heavy (non-hydrogen) atoms. The zero-order valence-corrected chi connectivity index (χ0v) is 16.7. The molecule has 0 bridgehead atoms. The maximum atomic E-state index is 6.28. The molecule has 0 N–H and O–H groups in total. The van der Waals surface area contributed by atoms with Gasteiger partial charge in [0.2, 0.25) is 0 Å². The third-order valence-electron chi connectivity index (χ3n) is 4.93. The number of hydrogen-bond donors (Lipinski definition) is 0. The van der Waals surface area contributed by atoms with E-state index in [-0.39, 0.29) is 0 Å². The Kier molecular flexibility index (Phi) is 4.72. The van der Waals surface area contributed by atoms with Gasteiger partial charge in [0, 0.05) is 36.8 Å². The first kappa shape index (κ1) is 17.6. The van der Waals surface area contributed by atoms with Gasteiger partial charge >= 0.3 is 0 Å². The molecular weight excluding hydrogens is 390 g/mol. The van der Waals surface area contributed by atoms with Gasteiger partial charge in [-0.05, 0) is 35.7 Å². The van der Waals surface area contributed by atoms with E-state index in [9.17, 15) is 0 Å². The maximum absolute atomic E-state index is 6.28. The van der Waals surface area contributed by atoms with E-state index in [1.807, 2.05) is 48.7 Å². The second-order valence-electron chi connectivity index (χ2n) is 6.85. The van der Waals surface area contributed by atoms with E-state index in [0.29, 0.717) is 5.02 Å². The molecule has 0 aliphatic carbocycles. The maximum Gasteiger partial charge on any atom is 0.169 e. The van der Waals surface area contributed by atoms with Crippen molar-refractivity contribution in [3.63, 3.8) is 0 Å². The number of halogens is 1. The molecule has 0 amide bonds. The highest BCUT2D eigenvalue weighted by Crippen LogP contribution is 2.30. The van der Waals surface area contributed by atoms with Gasteiger partial charge in [0.25, 0.3) is 0 Å². The van der Waals surface area contributed by atoms with Gasteiger partial charge in [0.15, 0.2) is 5.82 Å². The minimum atomic E-state index is 0.703. The Morgan fingerprint density at radius 1 is 1.11 bits per heavy atom. The molecule has 4 heterocycles. The van der Waals surface area contributed by atoms with Crippen molar-refractivity contribution >= 4 is 22.9 Å². The highest BCUT2D eigenvalue weighted by atomic mass is 35.5. The van der Waals surface area contributed by atoms with Crippen LogP contribution >= 0.6 is 22.9 Å². The predicted molar refractivity (Wildman–Crippen MR) is 112 cm³/mol. The second-order valence-corrected chi connectivity index (χ2v) is 8.20. The SMILES string of the molecule is Clc1ccccc1-c1ccc(CN2CCc3nc(-c4cccs4)ncc3C2)o1. The number of benzene rings is 1. The zero-order chi connectivity index (χ0) is 18.9. The number of rotatable bonds is 4. The minimum Gasteiger partial charge on any atom is -0.460 e. The first-order valence-electron chi connectivity index (χ1n) is 9.21. The molecule has 0 radical (unpaired) electrons. The minimum absolute atomic E-state index is 0.703. The van der Waals surface area contributed by atoms with E-state index < -0.39 is 0 Å². The molecule has 1 aromatic carbocycles. The average Bonchev–Trinajstić information content (AvgIpc) is 3.40. The summed E-state index contributed by atoms with van der Waals surface area (Å²) in [6.45, 7) is 2.55. The fourth-order valence-electron chi connectivity index (χ4n) is 3.52. The molecule has 4 nitrogen and oxygen atoms in total. The third-order valence-corrected chi connectivity index (χ3v) is 6.13. The highest BCUT2D eigenvalue weighted by Gasteiger charge is 2.20. The lowest BCUT2D eigenvalue weighted by atomic mass is 10.1. The standard InChI is InChI=1S/C22H18ClN3OS/c23-18-5-2-1-4-17(18)20-8-7-16(27-20)14-26-10-9-19-15(13-26)12-24-22(25-19)21-6-3-11-28-21/h1-8,11-12H,9-10,13-14H2. The number of fused-ring (bicyclic) bond motifs is 1. The average molecular weight is 408 g/mol. The summed E-state index contributed by atoms with van der Waals surface area (Å²) in [7, 11) is 0. The Morgan fingerprint density at radius 2 is 2.04 bits per heavy atom. The van der Waals surface area contributed by atoms with Crippen molar-refractivity contribution in [2.24, 2.45) is 0 Å². The predicted octanol–water partition coefficient (Wildman–Crippen LogP) is 5.68. The number of thiophene rings is 1. The second kappa shape index (κ2) is 7.51. The van der Waals surface area contributed by atoms with Crippen LogP contribution in [0.25, 0.3) is 22.0 Å². The van der Waals surface area contributed by atoms with Crippen LogP contribution in [0.5, 0.6) is 0 Å². The summed E-state index contributed by atoms with van der Waals surface area (Å²) in [4.78, 5) is 12.8. The van der Waals surface area contributed by atoms with Gasteiger partial charge in [-0.15, -0.1) is 11.3 Å². The summed E-state index contributed by atoms with van der Waals surface area (Å²) in [6.07, 6.45) is 2.90. The fraction of sp³-hybridized carbons (Fsp3) is 0.182. The van der Waals surface area contributed by atoms with Crippen LogP contribution in [0, 0.1) is 0 Å². The lowest BCUT2D eigenvalue weighted by molar-refractivity contribution is 0.224. The monoisotopic (exact) mass is 407 g/mol. The molecule has 140 valence electrons. The quantitative estimate of drug-likeness (QED) is 0.436. The van der Waals surface area contributed by atoms with Crippen molar-refractivity contribution in [1.29, 1.82) is 0 Å². The lowest BCUT2D eigenvalue weighted by Crippen LogP contribution is -2.30. The first-order valence-corrected chi connectivity index (χ1v) is 10.5. The topological polar surface area (TPSA) is 42.2 Å². The van der Waals surface area contributed by atoms with Gasteiger partial charge in [-0.3, -0.25) is 4.90 Å². The van der Waals surface area contributed by atoms with Crippen molar-refractivity contribution in [3.05, 3.63) is 82.1 Å².